The molecule has 2 rings (SSSR count). The van der Waals surface area contributed by atoms with Gasteiger partial charge in [-0.05, 0) is 35.9 Å². The lowest BCUT2D eigenvalue weighted by Crippen LogP contribution is -1.96. The molecule has 0 aliphatic carbocycles. The molecule has 19 heavy (non-hydrogen) atoms. The van der Waals surface area contributed by atoms with E-state index in [0.717, 1.165) is 5.56 Å². The van der Waals surface area contributed by atoms with Gasteiger partial charge < -0.3 is 14.9 Å². The minimum Gasteiger partial charge on any atom is -0.478 e. The Balaban J connectivity index is 2.24. The molecule has 0 aliphatic heterocycles. The van der Waals surface area contributed by atoms with Crippen molar-refractivity contribution in [2.24, 2.45) is 0 Å². The molecule has 0 aromatic heterocycles. The van der Waals surface area contributed by atoms with E-state index in [1.54, 1.807) is 30.3 Å². The molecular weight excluding hydrogens is 312 g/mol. The summed E-state index contributed by atoms with van der Waals surface area (Å²) in [6, 6.07) is 11.6. The largest absolute Gasteiger partial charge is 0.478 e. The van der Waals surface area contributed by atoms with Crippen LogP contribution in [-0.2, 0) is 6.61 Å². The summed E-state index contributed by atoms with van der Waals surface area (Å²) < 4.78 is 6.21. The van der Waals surface area contributed by atoms with Gasteiger partial charge >= 0.3 is 5.97 Å². The number of benzene rings is 2. The lowest BCUT2D eigenvalue weighted by Gasteiger charge is -2.08. The fourth-order valence-corrected chi connectivity index (χ4v) is 2.02. The Bertz CT molecular complexity index is 593. The van der Waals surface area contributed by atoms with Crippen LogP contribution in [0.4, 0.5) is 0 Å². The molecule has 0 spiro atoms. The Morgan fingerprint density at radius 3 is 2.37 bits per heavy atom. The van der Waals surface area contributed by atoms with Crippen LogP contribution in [0.15, 0.2) is 46.9 Å². The number of aromatic carboxylic acids is 1. The van der Waals surface area contributed by atoms with Crippen LogP contribution in [0.5, 0.6) is 11.5 Å². The first-order valence-corrected chi connectivity index (χ1v) is 6.29. The summed E-state index contributed by atoms with van der Waals surface area (Å²) in [6.07, 6.45) is 0. The van der Waals surface area contributed by atoms with Crippen molar-refractivity contribution in [3.8, 4) is 11.5 Å². The van der Waals surface area contributed by atoms with E-state index >= 15 is 0 Å². The number of ether oxygens (including phenoxy) is 1. The van der Waals surface area contributed by atoms with E-state index in [0.29, 0.717) is 16.0 Å². The maximum Gasteiger partial charge on any atom is 0.335 e. The van der Waals surface area contributed by atoms with Crippen molar-refractivity contribution in [2.45, 2.75) is 6.61 Å². The van der Waals surface area contributed by atoms with Crippen LogP contribution in [0, 0.1) is 0 Å². The monoisotopic (exact) mass is 322 g/mol. The molecule has 0 atom stereocenters. The van der Waals surface area contributed by atoms with Crippen molar-refractivity contribution >= 4 is 21.9 Å². The normalized spacial score (nSPS) is 10.2. The summed E-state index contributed by atoms with van der Waals surface area (Å²) >= 11 is 3.24. The molecule has 0 saturated carbocycles. The zero-order valence-corrected chi connectivity index (χ0v) is 11.4. The second-order valence-electron chi connectivity index (χ2n) is 3.88. The smallest absolute Gasteiger partial charge is 0.335 e. The highest BCUT2D eigenvalue weighted by Gasteiger charge is 2.07. The molecular formula is C14H11BrO4. The number of carbonyl (C=O) groups is 1. The van der Waals surface area contributed by atoms with Crippen LogP contribution in [0.3, 0.4) is 0 Å². The summed E-state index contributed by atoms with van der Waals surface area (Å²) in [5, 5.41) is 17.9. The molecule has 2 aromatic carbocycles. The molecule has 98 valence electrons. The van der Waals surface area contributed by atoms with Gasteiger partial charge in [-0.3, -0.25) is 0 Å². The van der Waals surface area contributed by atoms with E-state index in [4.69, 9.17) is 14.9 Å². The topological polar surface area (TPSA) is 66.8 Å². The van der Waals surface area contributed by atoms with Gasteiger partial charge in [0.25, 0.3) is 0 Å². The minimum absolute atomic E-state index is 0.0275. The molecule has 0 saturated heterocycles. The molecule has 0 radical (unpaired) electrons. The van der Waals surface area contributed by atoms with E-state index in [-0.39, 0.29) is 12.2 Å². The SMILES string of the molecule is O=C(O)c1cc(Br)cc(Oc2ccc(CO)cc2)c1. The van der Waals surface area contributed by atoms with Crippen LogP contribution in [-0.4, -0.2) is 16.2 Å². The number of halogens is 1. The Hall–Kier alpha value is -1.85. The third-order valence-electron chi connectivity index (χ3n) is 2.46. The fourth-order valence-electron chi connectivity index (χ4n) is 1.54. The number of hydrogen-bond donors (Lipinski definition) is 2. The van der Waals surface area contributed by atoms with E-state index in [2.05, 4.69) is 15.9 Å². The van der Waals surface area contributed by atoms with Crippen molar-refractivity contribution in [1.29, 1.82) is 0 Å². The first-order chi connectivity index (χ1) is 9.08. The zero-order valence-electron chi connectivity index (χ0n) is 9.84. The molecule has 0 bridgehead atoms. The van der Waals surface area contributed by atoms with Crippen molar-refractivity contribution in [1.82, 2.24) is 0 Å². The summed E-state index contributed by atoms with van der Waals surface area (Å²) in [4.78, 5) is 10.9. The molecule has 0 aliphatic rings. The third kappa shape index (κ3) is 3.56. The van der Waals surface area contributed by atoms with Gasteiger partial charge in [-0.2, -0.15) is 0 Å². The lowest BCUT2D eigenvalue weighted by atomic mass is 10.2. The zero-order chi connectivity index (χ0) is 13.8. The number of hydrogen-bond acceptors (Lipinski definition) is 3. The maximum atomic E-state index is 10.9. The van der Waals surface area contributed by atoms with Crippen LogP contribution in [0.1, 0.15) is 15.9 Å². The highest BCUT2D eigenvalue weighted by atomic mass is 79.9. The molecule has 2 N–H and O–H groups in total. The quantitative estimate of drug-likeness (QED) is 0.905. The second kappa shape index (κ2) is 5.86. The van der Waals surface area contributed by atoms with Gasteiger partial charge in [0, 0.05) is 4.47 Å². The van der Waals surface area contributed by atoms with Gasteiger partial charge in [-0.1, -0.05) is 28.1 Å². The van der Waals surface area contributed by atoms with E-state index in [1.165, 1.54) is 12.1 Å². The Kier molecular flexibility index (Phi) is 4.19. The van der Waals surface area contributed by atoms with Gasteiger partial charge in [0.15, 0.2) is 0 Å². The predicted molar refractivity (Wildman–Crippen MR) is 73.5 cm³/mol. The number of carboxylic acid groups (broad SMARTS) is 1. The van der Waals surface area contributed by atoms with Crippen LogP contribution >= 0.6 is 15.9 Å². The van der Waals surface area contributed by atoms with Gasteiger partial charge in [0.2, 0.25) is 0 Å². The summed E-state index contributed by atoms with van der Waals surface area (Å²) in [5.74, 6) is -0.00283. The lowest BCUT2D eigenvalue weighted by molar-refractivity contribution is 0.0696. The van der Waals surface area contributed by atoms with E-state index < -0.39 is 5.97 Å². The average molecular weight is 323 g/mol. The highest BCUT2D eigenvalue weighted by Crippen LogP contribution is 2.26. The Morgan fingerprint density at radius 2 is 1.79 bits per heavy atom. The van der Waals surface area contributed by atoms with Gasteiger partial charge in [-0.15, -0.1) is 0 Å². The molecule has 0 fully saturated rings. The van der Waals surface area contributed by atoms with Crippen molar-refractivity contribution in [2.75, 3.05) is 0 Å². The summed E-state index contributed by atoms with van der Waals surface area (Å²) in [6.45, 7) is -0.0275. The van der Waals surface area contributed by atoms with Crippen LogP contribution < -0.4 is 4.74 Å². The second-order valence-corrected chi connectivity index (χ2v) is 4.80. The number of rotatable bonds is 4. The van der Waals surface area contributed by atoms with Crippen molar-refractivity contribution in [3.63, 3.8) is 0 Å². The first kappa shape index (κ1) is 13.6. The highest BCUT2D eigenvalue weighted by molar-refractivity contribution is 9.10. The van der Waals surface area contributed by atoms with E-state index in [9.17, 15) is 4.79 Å². The fraction of sp³-hybridized carbons (Fsp3) is 0.0714. The number of aliphatic hydroxyl groups is 1. The third-order valence-corrected chi connectivity index (χ3v) is 2.92. The summed E-state index contributed by atoms with van der Waals surface area (Å²) in [7, 11) is 0. The molecule has 2 aromatic rings. The standard InChI is InChI=1S/C14H11BrO4/c15-11-5-10(14(17)18)6-13(7-11)19-12-3-1-9(8-16)2-4-12/h1-7,16H,8H2,(H,17,18). The Labute approximate surface area is 118 Å². The summed E-state index contributed by atoms with van der Waals surface area (Å²) in [5.41, 5.74) is 0.934. The maximum absolute atomic E-state index is 10.9. The van der Waals surface area contributed by atoms with E-state index in [1.807, 2.05) is 0 Å². The molecule has 4 nitrogen and oxygen atoms in total. The van der Waals surface area contributed by atoms with Gasteiger partial charge in [0.1, 0.15) is 11.5 Å². The minimum atomic E-state index is -1.01. The average Bonchev–Trinajstić information content (AvgIpc) is 2.39. The van der Waals surface area contributed by atoms with Gasteiger partial charge in [-0.25, -0.2) is 4.79 Å². The number of carboxylic acids is 1. The number of aliphatic hydroxyl groups excluding tert-OH is 1. The van der Waals surface area contributed by atoms with Gasteiger partial charge in [0.05, 0.1) is 12.2 Å². The van der Waals surface area contributed by atoms with Crippen molar-refractivity contribution < 1.29 is 19.7 Å². The molecule has 0 heterocycles. The predicted octanol–water partition coefficient (Wildman–Crippen LogP) is 3.43. The van der Waals surface area contributed by atoms with Crippen molar-refractivity contribution in [3.05, 3.63) is 58.1 Å². The van der Waals surface area contributed by atoms with Crippen LogP contribution in [0.25, 0.3) is 0 Å². The molecule has 0 unspecified atom stereocenters. The Morgan fingerprint density at radius 1 is 1.11 bits per heavy atom. The molecule has 5 heteroatoms. The molecule has 0 amide bonds. The van der Waals surface area contributed by atoms with Crippen LogP contribution in [0.2, 0.25) is 0 Å². The first-order valence-electron chi connectivity index (χ1n) is 5.50.